The van der Waals surface area contributed by atoms with Gasteiger partial charge in [-0.2, -0.15) is 0 Å². The van der Waals surface area contributed by atoms with Crippen LogP contribution in [0.15, 0.2) is 23.1 Å². The molecule has 1 heterocycles. The topological polar surface area (TPSA) is 97.4 Å². The summed E-state index contributed by atoms with van der Waals surface area (Å²) in [5.74, 6) is -0.241. The number of hydrogen-bond donors (Lipinski definition) is 3. The van der Waals surface area contributed by atoms with E-state index in [2.05, 4.69) is 5.32 Å². The molecule has 17 heavy (non-hydrogen) atoms. The van der Waals surface area contributed by atoms with Gasteiger partial charge >= 0.3 is 0 Å². The van der Waals surface area contributed by atoms with Crippen LogP contribution in [0.1, 0.15) is 12.8 Å². The number of nitrogens with one attached hydrogen (secondary N) is 1. The Morgan fingerprint density at radius 1 is 1.53 bits per heavy atom. The normalized spacial score (nSPS) is 22.9. The lowest BCUT2D eigenvalue weighted by Crippen LogP contribution is -2.48. The average Bonchev–Trinajstić information content (AvgIpc) is 2.21. The van der Waals surface area contributed by atoms with Gasteiger partial charge in [0, 0.05) is 24.0 Å². The molecule has 4 N–H and O–H groups in total. The SMILES string of the molecule is Nc1ccc(=O)n(CC(=O)NC2CC(O)C2)c1. The number of aromatic nitrogens is 1. The molecule has 0 bridgehead atoms. The van der Waals surface area contributed by atoms with Crippen molar-refractivity contribution in [3.05, 3.63) is 28.7 Å². The Morgan fingerprint density at radius 3 is 2.88 bits per heavy atom. The first-order valence-electron chi connectivity index (χ1n) is 5.48. The molecule has 0 saturated heterocycles. The fraction of sp³-hybridized carbons (Fsp3) is 0.455. The van der Waals surface area contributed by atoms with Crippen molar-refractivity contribution in [2.24, 2.45) is 0 Å². The van der Waals surface area contributed by atoms with Crippen LogP contribution in [0.5, 0.6) is 0 Å². The lowest BCUT2D eigenvalue weighted by molar-refractivity contribution is -0.123. The molecule has 0 radical (unpaired) electrons. The Balaban J connectivity index is 1.93. The maximum Gasteiger partial charge on any atom is 0.251 e. The van der Waals surface area contributed by atoms with Gasteiger partial charge in [0.15, 0.2) is 0 Å². The van der Waals surface area contributed by atoms with Crippen molar-refractivity contribution in [2.45, 2.75) is 31.5 Å². The zero-order valence-electron chi connectivity index (χ0n) is 9.30. The minimum Gasteiger partial charge on any atom is -0.398 e. The van der Waals surface area contributed by atoms with E-state index < -0.39 is 0 Å². The predicted molar refractivity (Wildman–Crippen MR) is 62.3 cm³/mol. The molecule has 1 aliphatic carbocycles. The molecule has 6 nitrogen and oxygen atoms in total. The van der Waals surface area contributed by atoms with Crippen LogP contribution in [0.2, 0.25) is 0 Å². The molecule has 1 aliphatic rings. The first kappa shape index (κ1) is 11.7. The van der Waals surface area contributed by atoms with Crippen molar-refractivity contribution in [3.63, 3.8) is 0 Å². The second-order valence-electron chi connectivity index (χ2n) is 4.32. The quantitative estimate of drug-likeness (QED) is 0.632. The third kappa shape index (κ3) is 2.85. The number of carbonyl (C=O) groups is 1. The Bertz CT molecular complexity index is 477. The van der Waals surface area contributed by atoms with E-state index >= 15 is 0 Å². The van der Waals surface area contributed by atoms with Crippen LogP contribution in [0.25, 0.3) is 0 Å². The molecule has 1 aromatic rings. The molecule has 0 aromatic carbocycles. The molecule has 2 rings (SSSR count). The van der Waals surface area contributed by atoms with E-state index in [0.29, 0.717) is 18.5 Å². The number of nitrogen functional groups attached to an aromatic ring is 1. The summed E-state index contributed by atoms with van der Waals surface area (Å²) in [6.07, 6.45) is 2.29. The Hall–Kier alpha value is -1.82. The van der Waals surface area contributed by atoms with E-state index in [0.717, 1.165) is 0 Å². The molecule has 0 aliphatic heterocycles. The first-order valence-corrected chi connectivity index (χ1v) is 5.48. The van der Waals surface area contributed by atoms with E-state index in [-0.39, 0.29) is 30.2 Å². The van der Waals surface area contributed by atoms with Crippen LogP contribution < -0.4 is 16.6 Å². The number of carbonyl (C=O) groups excluding carboxylic acids is 1. The molecular formula is C11H15N3O3. The summed E-state index contributed by atoms with van der Waals surface area (Å²) >= 11 is 0. The van der Waals surface area contributed by atoms with Gasteiger partial charge in [0.05, 0.1) is 6.10 Å². The zero-order valence-corrected chi connectivity index (χ0v) is 9.30. The van der Waals surface area contributed by atoms with Crippen LogP contribution in [0.4, 0.5) is 5.69 Å². The molecule has 0 spiro atoms. The number of rotatable bonds is 3. The average molecular weight is 237 g/mol. The van der Waals surface area contributed by atoms with E-state index in [9.17, 15) is 9.59 Å². The van der Waals surface area contributed by atoms with Gasteiger partial charge in [-0.05, 0) is 18.9 Å². The van der Waals surface area contributed by atoms with Crippen molar-refractivity contribution in [3.8, 4) is 0 Å². The Kier molecular flexibility index (Phi) is 3.14. The van der Waals surface area contributed by atoms with E-state index in [1.807, 2.05) is 0 Å². The van der Waals surface area contributed by atoms with Gasteiger partial charge in [0.2, 0.25) is 5.91 Å². The third-order valence-corrected chi connectivity index (χ3v) is 2.80. The van der Waals surface area contributed by atoms with Crippen molar-refractivity contribution < 1.29 is 9.90 Å². The number of hydrogen-bond acceptors (Lipinski definition) is 4. The van der Waals surface area contributed by atoms with Crippen molar-refractivity contribution in [1.29, 1.82) is 0 Å². The van der Waals surface area contributed by atoms with Gasteiger partial charge in [-0.15, -0.1) is 0 Å². The number of nitrogens with zero attached hydrogens (tertiary/aromatic N) is 1. The Morgan fingerprint density at radius 2 is 2.24 bits per heavy atom. The molecule has 92 valence electrons. The fourth-order valence-electron chi connectivity index (χ4n) is 1.81. The molecule has 1 aromatic heterocycles. The molecule has 1 saturated carbocycles. The van der Waals surface area contributed by atoms with Crippen molar-refractivity contribution >= 4 is 11.6 Å². The van der Waals surface area contributed by atoms with Crippen molar-refractivity contribution in [2.75, 3.05) is 5.73 Å². The van der Waals surface area contributed by atoms with Gasteiger partial charge in [0.25, 0.3) is 5.56 Å². The highest BCUT2D eigenvalue weighted by atomic mass is 16.3. The van der Waals surface area contributed by atoms with Gasteiger partial charge in [-0.1, -0.05) is 0 Å². The highest BCUT2D eigenvalue weighted by Crippen LogP contribution is 2.19. The first-order chi connectivity index (χ1) is 8.04. The second-order valence-corrected chi connectivity index (χ2v) is 4.32. The summed E-state index contributed by atoms with van der Waals surface area (Å²) in [6.45, 7) is -0.0452. The Labute approximate surface area is 98.1 Å². The molecule has 0 unspecified atom stereocenters. The van der Waals surface area contributed by atoms with E-state index in [1.54, 1.807) is 0 Å². The summed E-state index contributed by atoms with van der Waals surface area (Å²) in [7, 11) is 0. The molecule has 1 fully saturated rings. The van der Waals surface area contributed by atoms with Crippen LogP contribution in [0, 0.1) is 0 Å². The third-order valence-electron chi connectivity index (χ3n) is 2.80. The number of nitrogens with two attached hydrogens (primary N) is 1. The lowest BCUT2D eigenvalue weighted by atomic mass is 9.89. The number of amides is 1. The zero-order chi connectivity index (χ0) is 12.4. The number of aliphatic hydroxyl groups is 1. The highest BCUT2D eigenvalue weighted by Gasteiger charge is 2.28. The van der Waals surface area contributed by atoms with Gasteiger partial charge in [-0.25, -0.2) is 0 Å². The molecule has 6 heteroatoms. The summed E-state index contributed by atoms with van der Waals surface area (Å²) in [6, 6.07) is 2.85. The molecular weight excluding hydrogens is 222 g/mol. The van der Waals surface area contributed by atoms with Gasteiger partial charge in [0.1, 0.15) is 6.54 Å². The van der Waals surface area contributed by atoms with E-state index in [4.69, 9.17) is 10.8 Å². The van der Waals surface area contributed by atoms with Gasteiger partial charge < -0.3 is 20.7 Å². The van der Waals surface area contributed by atoms with Crippen LogP contribution in [-0.4, -0.2) is 27.7 Å². The minimum atomic E-state index is -0.310. The fourth-order valence-corrected chi connectivity index (χ4v) is 1.81. The molecule has 0 atom stereocenters. The van der Waals surface area contributed by atoms with Crippen LogP contribution in [0.3, 0.4) is 0 Å². The highest BCUT2D eigenvalue weighted by molar-refractivity contribution is 5.76. The second kappa shape index (κ2) is 4.58. The summed E-state index contributed by atoms with van der Waals surface area (Å²) < 4.78 is 1.26. The number of pyridine rings is 1. The van der Waals surface area contributed by atoms with Crippen LogP contribution in [-0.2, 0) is 11.3 Å². The number of anilines is 1. The number of aliphatic hydroxyl groups excluding tert-OH is 1. The minimum absolute atomic E-state index is 0.0225. The monoisotopic (exact) mass is 237 g/mol. The predicted octanol–water partition coefficient (Wildman–Crippen LogP) is -0.930. The van der Waals surface area contributed by atoms with Gasteiger partial charge in [-0.3, -0.25) is 9.59 Å². The smallest absolute Gasteiger partial charge is 0.251 e. The summed E-state index contributed by atoms with van der Waals surface area (Å²) in [4.78, 5) is 23.0. The molecule has 1 amide bonds. The van der Waals surface area contributed by atoms with Crippen molar-refractivity contribution in [1.82, 2.24) is 9.88 Å². The maximum absolute atomic E-state index is 11.6. The summed E-state index contributed by atoms with van der Waals surface area (Å²) in [5, 5.41) is 11.8. The van der Waals surface area contributed by atoms with Crippen LogP contribution >= 0.6 is 0 Å². The maximum atomic E-state index is 11.6. The van der Waals surface area contributed by atoms with E-state index in [1.165, 1.54) is 22.9 Å². The summed E-state index contributed by atoms with van der Waals surface area (Å²) in [5.41, 5.74) is 5.72. The largest absolute Gasteiger partial charge is 0.398 e. The lowest BCUT2D eigenvalue weighted by Gasteiger charge is -2.31. The standard InChI is InChI=1S/C11H15N3O3/c12-7-1-2-11(17)14(5-7)6-10(16)13-8-3-9(15)4-8/h1-2,5,8-9,15H,3-4,6,12H2,(H,13,16).